The van der Waals surface area contributed by atoms with Gasteiger partial charge in [0.05, 0.1) is 24.7 Å². The predicted octanol–water partition coefficient (Wildman–Crippen LogP) is 2.62. The maximum atomic E-state index is 5.81. The number of para-hydroxylation sites is 2. The van der Waals surface area contributed by atoms with E-state index in [2.05, 4.69) is 20.3 Å². The first-order valence-corrected chi connectivity index (χ1v) is 9.00. The van der Waals surface area contributed by atoms with Gasteiger partial charge in [-0.3, -0.25) is 0 Å². The first-order valence-electron chi connectivity index (χ1n) is 7.84. The Morgan fingerprint density at radius 3 is 3.00 bits per heavy atom. The van der Waals surface area contributed by atoms with Gasteiger partial charge in [-0.2, -0.15) is 26.7 Å². The Bertz CT molecular complexity index is 679. The molecule has 1 aliphatic heterocycles. The zero-order chi connectivity index (χ0) is 16.8. The van der Waals surface area contributed by atoms with E-state index in [0.29, 0.717) is 29.4 Å². The second-order valence-electron chi connectivity index (χ2n) is 5.41. The summed E-state index contributed by atoms with van der Waals surface area (Å²) in [6.45, 7) is 0.872. The monoisotopic (exact) mass is 347 g/mol. The van der Waals surface area contributed by atoms with E-state index in [1.807, 2.05) is 24.3 Å². The number of thioether (sulfide) groups is 1. The number of nitrogen functional groups attached to an aromatic ring is 1. The maximum absolute atomic E-state index is 5.81. The van der Waals surface area contributed by atoms with E-state index in [0.717, 1.165) is 30.9 Å². The average molecular weight is 347 g/mol. The van der Waals surface area contributed by atoms with Gasteiger partial charge in [-0.1, -0.05) is 12.1 Å². The first-order chi connectivity index (χ1) is 11.7. The van der Waals surface area contributed by atoms with Crippen molar-refractivity contribution < 1.29 is 9.47 Å². The number of nitrogens with zero attached hydrogens (tertiary/aromatic N) is 3. The van der Waals surface area contributed by atoms with Crippen LogP contribution in [0.3, 0.4) is 0 Å². The van der Waals surface area contributed by atoms with Crippen LogP contribution in [0.2, 0.25) is 0 Å². The van der Waals surface area contributed by atoms with Crippen molar-refractivity contribution >= 4 is 29.3 Å². The second-order valence-corrected chi connectivity index (χ2v) is 6.44. The molecule has 1 aromatic heterocycles. The van der Waals surface area contributed by atoms with E-state index in [-0.39, 0.29) is 5.95 Å². The SMILES string of the molecule is COc1ccccc1Nc1nc(N)nc(CSCC2CCCO2)n1. The van der Waals surface area contributed by atoms with E-state index in [4.69, 9.17) is 15.2 Å². The molecule has 1 atom stereocenters. The van der Waals surface area contributed by atoms with Crippen LogP contribution in [0.25, 0.3) is 0 Å². The molecule has 1 saturated heterocycles. The summed E-state index contributed by atoms with van der Waals surface area (Å²) in [4.78, 5) is 12.8. The molecule has 0 bridgehead atoms. The summed E-state index contributed by atoms with van der Waals surface area (Å²) in [7, 11) is 1.62. The van der Waals surface area contributed by atoms with Crippen LogP contribution in [-0.2, 0) is 10.5 Å². The van der Waals surface area contributed by atoms with E-state index in [1.165, 1.54) is 0 Å². The van der Waals surface area contributed by atoms with E-state index < -0.39 is 0 Å². The lowest BCUT2D eigenvalue weighted by Crippen LogP contribution is -2.10. The van der Waals surface area contributed by atoms with Crippen molar-refractivity contribution in [3.05, 3.63) is 30.1 Å². The Labute approximate surface area is 145 Å². The summed E-state index contributed by atoms with van der Waals surface area (Å²) in [5, 5.41) is 3.14. The molecule has 8 heteroatoms. The van der Waals surface area contributed by atoms with Crippen molar-refractivity contribution in [2.45, 2.75) is 24.7 Å². The summed E-state index contributed by atoms with van der Waals surface area (Å²) in [6.07, 6.45) is 2.63. The smallest absolute Gasteiger partial charge is 0.232 e. The van der Waals surface area contributed by atoms with Gasteiger partial charge in [0.15, 0.2) is 0 Å². The lowest BCUT2D eigenvalue weighted by Gasteiger charge is -2.11. The summed E-state index contributed by atoms with van der Waals surface area (Å²) < 4.78 is 10.9. The molecule has 7 nitrogen and oxygen atoms in total. The van der Waals surface area contributed by atoms with Crippen LogP contribution in [-0.4, -0.2) is 40.5 Å². The highest BCUT2D eigenvalue weighted by molar-refractivity contribution is 7.98. The molecule has 1 aliphatic rings. The van der Waals surface area contributed by atoms with Crippen LogP contribution in [0.1, 0.15) is 18.7 Å². The van der Waals surface area contributed by atoms with Crippen molar-refractivity contribution in [1.82, 2.24) is 15.0 Å². The van der Waals surface area contributed by atoms with Crippen LogP contribution in [0.5, 0.6) is 5.75 Å². The van der Waals surface area contributed by atoms with E-state index in [9.17, 15) is 0 Å². The van der Waals surface area contributed by atoms with Crippen LogP contribution in [0, 0.1) is 0 Å². The Morgan fingerprint density at radius 2 is 2.21 bits per heavy atom. The number of hydrogen-bond acceptors (Lipinski definition) is 8. The molecular formula is C16H21N5O2S. The molecule has 2 heterocycles. The zero-order valence-corrected chi connectivity index (χ0v) is 14.4. The van der Waals surface area contributed by atoms with Crippen LogP contribution in [0.15, 0.2) is 24.3 Å². The zero-order valence-electron chi connectivity index (χ0n) is 13.6. The molecule has 0 saturated carbocycles. The fraction of sp³-hybridized carbons (Fsp3) is 0.438. The Balaban J connectivity index is 1.64. The van der Waals surface area contributed by atoms with Gasteiger partial charge in [0.2, 0.25) is 11.9 Å². The van der Waals surface area contributed by atoms with Gasteiger partial charge in [0.1, 0.15) is 11.6 Å². The van der Waals surface area contributed by atoms with Crippen molar-refractivity contribution in [3.63, 3.8) is 0 Å². The quantitative estimate of drug-likeness (QED) is 0.789. The lowest BCUT2D eigenvalue weighted by molar-refractivity contribution is 0.129. The molecular weight excluding hydrogens is 326 g/mol. The van der Waals surface area contributed by atoms with Crippen molar-refractivity contribution in [2.75, 3.05) is 30.5 Å². The Morgan fingerprint density at radius 1 is 1.33 bits per heavy atom. The summed E-state index contributed by atoms with van der Waals surface area (Å²) in [6, 6.07) is 7.57. The number of ether oxygens (including phenoxy) is 2. The van der Waals surface area contributed by atoms with Crippen molar-refractivity contribution in [1.29, 1.82) is 0 Å². The molecule has 0 aliphatic carbocycles. The number of methoxy groups -OCH3 is 1. The third-order valence-electron chi connectivity index (χ3n) is 3.61. The highest BCUT2D eigenvalue weighted by Gasteiger charge is 2.15. The number of benzene rings is 1. The minimum Gasteiger partial charge on any atom is -0.495 e. The normalized spacial score (nSPS) is 17.0. The maximum Gasteiger partial charge on any atom is 0.232 e. The molecule has 0 spiro atoms. The van der Waals surface area contributed by atoms with Crippen molar-refractivity contribution in [2.24, 2.45) is 0 Å². The fourth-order valence-corrected chi connectivity index (χ4v) is 3.44. The minimum absolute atomic E-state index is 0.204. The predicted molar refractivity (Wildman–Crippen MR) is 95.7 cm³/mol. The van der Waals surface area contributed by atoms with Gasteiger partial charge in [-0.25, -0.2) is 0 Å². The van der Waals surface area contributed by atoms with Gasteiger partial charge in [-0.15, -0.1) is 0 Å². The van der Waals surface area contributed by atoms with Gasteiger partial charge in [0, 0.05) is 12.4 Å². The molecule has 3 N–H and O–H groups in total. The molecule has 3 rings (SSSR count). The van der Waals surface area contributed by atoms with Gasteiger partial charge < -0.3 is 20.5 Å². The summed E-state index contributed by atoms with van der Waals surface area (Å²) in [5.41, 5.74) is 6.59. The molecule has 0 radical (unpaired) electrons. The number of anilines is 3. The van der Waals surface area contributed by atoms with Crippen LogP contribution >= 0.6 is 11.8 Å². The molecule has 1 fully saturated rings. The first kappa shape index (κ1) is 16.8. The molecule has 1 aromatic carbocycles. The minimum atomic E-state index is 0.204. The Hall–Kier alpha value is -2.06. The molecule has 0 amide bonds. The highest BCUT2D eigenvalue weighted by Crippen LogP contribution is 2.26. The topological polar surface area (TPSA) is 95.2 Å². The van der Waals surface area contributed by atoms with E-state index in [1.54, 1.807) is 18.9 Å². The van der Waals surface area contributed by atoms with Crippen LogP contribution in [0.4, 0.5) is 17.6 Å². The number of nitrogens with two attached hydrogens (primary N) is 1. The molecule has 128 valence electrons. The number of nitrogens with one attached hydrogen (secondary N) is 1. The average Bonchev–Trinajstić information content (AvgIpc) is 3.08. The van der Waals surface area contributed by atoms with E-state index >= 15 is 0 Å². The largest absolute Gasteiger partial charge is 0.495 e. The fourth-order valence-electron chi connectivity index (χ4n) is 2.48. The van der Waals surface area contributed by atoms with Crippen molar-refractivity contribution in [3.8, 4) is 5.75 Å². The van der Waals surface area contributed by atoms with Gasteiger partial charge in [-0.05, 0) is 25.0 Å². The van der Waals surface area contributed by atoms with Gasteiger partial charge in [0.25, 0.3) is 0 Å². The third kappa shape index (κ3) is 4.48. The Kier molecular flexibility index (Phi) is 5.71. The molecule has 24 heavy (non-hydrogen) atoms. The second kappa shape index (κ2) is 8.16. The van der Waals surface area contributed by atoms with Gasteiger partial charge >= 0.3 is 0 Å². The third-order valence-corrected chi connectivity index (χ3v) is 4.68. The standard InChI is InChI=1S/C16H21N5O2S/c1-22-13-7-3-2-6-12(13)18-16-20-14(19-15(17)21-16)10-24-9-11-5-4-8-23-11/h2-3,6-7,11H,4-5,8-10H2,1H3,(H3,17,18,19,20,21). The molecule has 1 unspecified atom stereocenters. The lowest BCUT2D eigenvalue weighted by atomic mass is 10.3. The summed E-state index contributed by atoms with van der Waals surface area (Å²) in [5.74, 6) is 3.61. The highest BCUT2D eigenvalue weighted by atomic mass is 32.2. The van der Waals surface area contributed by atoms with Crippen LogP contribution < -0.4 is 15.8 Å². The summed E-state index contributed by atoms with van der Waals surface area (Å²) >= 11 is 1.75. The molecule has 2 aromatic rings. The number of aromatic nitrogens is 3. The number of hydrogen-bond donors (Lipinski definition) is 2. The number of rotatable bonds is 7.